The van der Waals surface area contributed by atoms with Crippen LogP contribution < -0.4 is 33.2 Å². The van der Waals surface area contributed by atoms with Gasteiger partial charge >= 0.3 is 5.97 Å². The summed E-state index contributed by atoms with van der Waals surface area (Å²) in [5.41, 5.74) is 16.5. The number of guanidine groups is 1. The van der Waals surface area contributed by atoms with Crippen molar-refractivity contribution in [2.45, 2.75) is 70.5 Å². The lowest BCUT2D eigenvalue weighted by atomic mass is 10.0. The molecule has 168 valence electrons. The zero-order valence-corrected chi connectivity index (χ0v) is 17.4. The maximum atomic E-state index is 12.7. The number of carboxylic acids is 1. The predicted molar refractivity (Wildman–Crippen MR) is 111 cm³/mol. The number of carboxylic acid groups (broad SMARTS) is 1. The van der Waals surface area contributed by atoms with Crippen molar-refractivity contribution in [3.63, 3.8) is 0 Å². The molecular formula is C18H37N7O4. The molecule has 2 amide bonds. The van der Waals surface area contributed by atoms with E-state index in [9.17, 15) is 19.5 Å². The summed E-state index contributed by atoms with van der Waals surface area (Å²) < 4.78 is 0. The molecule has 0 radical (unpaired) electrons. The summed E-state index contributed by atoms with van der Waals surface area (Å²) in [4.78, 5) is 36.4. The highest BCUT2D eigenvalue weighted by atomic mass is 16.4. The van der Waals surface area contributed by atoms with Crippen LogP contribution in [0.2, 0.25) is 0 Å². The SMILES string of the molecule is CC(C)C[C@H](NC(=O)[C@@H](CCCNC(=N)N)NC(=O)[C@H](N)CCCCN)C(=O)O. The van der Waals surface area contributed by atoms with Crippen molar-refractivity contribution < 1.29 is 19.5 Å². The van der Waals surface area contributed by atoms with Crippen molar-refractivity contribution in [2.75, 3.05) is 13.1 Å². The minimum atomic E-state index is -1.13. The number of carbonyl (C=O) groups is 3. The highest BCUT2D eigenvalue weighted by Crippen LogP contribution is 2.07. The van der Waals surface area contributed by atoms with Gasteiger partial charge in [-0.15, -0.1) is 0 Å². The Labute approximate surface area is 172 Å². The van der Waals surface area contributed by atoms with Gasteiger partial charge in [0, 0.05) is 6.54 Å². The van der Waals surface area contributed by atoms with Gasteiger partial charge in [-0.25, -0.2) is 4.79 Å². The third kappa shape index (κ3) is 12.6. The number of amides is 2. The second-order valence-corrected chi connectivity index (χ2v) is 7.46. The first-order valence-corrected chi connectivity index (χ1v) is 9.95. The molecule has 0 aromatic rings. The Bertz CT molecular complexity index is 542. The van der Waals surface area contributed by atoms with Gasteiger partial charge in [0.1, 0.15) is 12.1 Å². The van der Waals surface area contributed by atoms with Gasteiger partial charge in [0.15, 0.2) is 5.96 Å². The molecule has 0 aliphatic carbocycles. The average molecular weight is 416 g/mol. The van der Waals surface area contributed by atoms with E-state index in [0.717, 1.165) is 6.42 Å². The van der Waals surface area contributed by atoms with E-state index in [4.69, 9.17) is 22.6 Å². The van der Waals surface area contributed by atoms with E-state index in [1.54, 1.807) is 0 Å². The Morgan fingerprint density at radius 3 is 2.14 bits per heavy atom. The van der Waals surface area contributed by atoms with E-state index in [1.807, 2.05) is 13.8 Å². The Kier molecular flexibility index (Phi) is 13.4. The molecule has 0 aliphatic rings. The summed E-state index contributed by atoms with van der Waals surface area (Å²) in [6, 6.07) is -2.76. The molecule has 0 fully saturated rings. The number of nitrogens with one attached hydrogen (secondary N) is 4. The van der Waals surface area contributed by atoms with Crippen LogP contribution in [-0.2, 0) is 14.4 Å². The van der Waals surface area contributed by atoms with Crippen molar-refractivity contribution in [1.29, 1.82) is 5.41 Å². The number of aliphatic carboxylic acids is 1. The van der Waals surface area contributed by atoms with Crippen molar-refractivity contribution in [2.24, 2.45) is 23.1 Å². The van der Waals surface area contributed by atoms with E-state index < -0.39 is 35.9 Å². The zero-order chi connectivity index (χ0) is 22.4. The maximum Gasteiger partial charge on any atom is 0.326 e. The minimum Gasteiger partial charge on any atom is -0.480 e. The third-order valence-electron chi connectivity index (χ3n) is 4.25. The Balaban J connectivity index is 5.00. The van der Waals surface area contributed by atoms with Gasteiger partial charge in [0.25, 0.3) is 0 Å². The fraction of sp³-hybridized carbons (Fsp3) is 0.778. The smallest absolute Gasteiger partial charge is 0.326 e. The quantitative estimate of drug-likeness (QED) is 0.0923. The van der Waals surface area contributed by atoms with Crippen LogP contribution in [0.3, 0.4) is 0 Å². The first-order valence-electron chi connectivity index (χ1n) is 9.95. The molecular weight excluding hydrogens is 378 g/mol. The number of hydrogen-bond donors (Lipinski definition) is 8. The highest BCUT2D eigenvalue weighted by Gasteiger charge is 2.28. The molecule has 0 heterocycles. The Morgan fingerprint density at radius 1 is 1.00 bits per heavy atom. The molecule has 11 N–H and O–H groups in total. The number of hydrogen-bond acceptors (Lipinski definition) is 6. The molecule has 3 atom stereocenters. The van der Waals surface area contributed by atoms with Crippen LogP contribution in [0.25, 0.3) is 0 Å². The van der Waals surface area contributed by atoms with E-state index in [0.29, 0.717) is 32.4 Å². The number of unbranched alkanes of at least 4 members (excludes halogenated alkanes) is 1. The number of rotatable bonds is 15. The second-order valence-electron chi connectivity index (χ2n) is 7.46. The lowest BCUT2D eigenvalue weighted by Gasteiger charge is -2.23. The molecule has 0 bridgehead atoms. The van der Waals surface area contributed by atoms with Gasteiger partial charge in [-0.3, -0.25) is 15.0 Å². The lowest BCUT2D eigenvalue weighted by Crippen LogP contribution is -2.54. The van der Waals surface area contributed by atoms with E-state index in [2.05, 4.69) is 16.0 Å². The fourth-order valence-electron chi connectivity index (χ4n) is 2.68. The normalized spacial score (nSPS) is 14.0. The summed E-state index contributed by atoms with van der Waals surface area (Å²) in [5.74, 6) is -2.31. The molecule has 0 spiro atoms. The molecule has 11 heteroatoms. The third-order valence-corrected chi connectivity index (χ3v) is 4.25. The minimum absolute atomic E-state index is 0.0696. The van der Waals surface area contributed by atoms with Crippen LogP contribution in [0, 0.1) is 11.3 Å². The van der Waals surface area contributed by atoms with Crippen molar-refractivity contribution in [3.05, 3.63) is 0 Å². The van der Waals surface area contributed by atoms with Crippen molar-refractivity contribution in [3.8, 4) is 0 Å². The first kappa shape index (κ1) is 26.6. The van der Waals surface area contributed by atoms with Crippen LogP contribution >= 0.6 is 0 Å². The summed E-state index contributed by atoms with van der Waals surface area (Å²) in [5, 5.41) is 24.2. The molecule has 29 heavy (non-hydrogen) atoms. The molecule has 0 rings (SSSR count). The second kappa shape index (κ2) is 14.6. The van der Waals surface area contributed by atoms with Crippen LogP contribution in [-0.4, -0.2) is 60.1 Å². The topological polar surface area (TPSA) is 209 Å². The average Bonchev–Trinajstić information content (AvgIpc) is 2.62. The van der Waals surface area contributed by atoms with Gasteiger partial charge in [0.2, 0.25) is 11.8 Å². The van der Waals surface area contributed by atoms with Gasteiger partial charge < -0.3 is 38.3 Å². The molecule has 0 saturated carbocycles. The van der Waals surface area contributed by atoms with E-state index in [1.165, 1.54) is 0 Å². The molecule has 0 aliphatic heterocycles. The number of nitrogens with two attached hydrogens (primary N) is 3. The highest BCUT2D eigenvalue weighted by molar-refractivity contribution is 5.91. The predicted octanol–water partition coefficient (Wildman–Crippen LogP) is -1.19. The van der Waals surface area contributed by atoms with Gasteiger partial charge in [0.05, 0.1) is 6.04 Å². The lowest BCUT2D eigenvalue weighted by molar-refractivity contribution is -0.142. The van der Waals surface area contributed by atoms with Crippen LogP contribution in [0.15, 0.2) is 0 Å². The fourth-order valence-corrected chi connectivity index (χ4v) is 2.68. The Morgan fingerprint density at radius 2 is 1.62 bits per heavy atom. The zero-order valence-electron chi connectivity index (χ0n) is 17.4. The van der Waals surface area contributed by atoms with Gasteiger partial charge in [-0.1, -0.05) is 20.3 Å². The molecule has 0 aromatic carbocycles. The molecule has 0 saturated heterocycles. The summed E-state index contributed by atoms with van der Waals surface area (Å²) in [6.45, 7) is 4.56. The van der Waals surface area contributed by atoms with Gasteiger partial charge in [-0.05, 0) is 44.6 Å². The standard InChI is InChI=1S/C18H37N7O4/c1-11(2)10-14(17(28)29)25-16(27)13(7-5-9-23-18(21)22)24-15(26)12(20)6-3-4-8-19/h11-14H,3-10,19-20H2,1-2H3,(H,24,26)(H,25,27)(H,28,29)(H4,21,22,23)/t12-,13-,14+/m1/s1. The van der Waals surface area contributed by atoms with Crippen molar-refractivity contribution >= 4 is 23.7 Å². The maximum absolute atomic E-state index is 12.7. The summed E-state index contributed by atoms with van der Waals surface area (Å²) in [7, 11) is 0. The number of carbonyl (C=O) groups excluding carboxylic acids is 2. The van der Waals surface area contributed by atoms with Crippen LogP contribution in [0.1, 0.15) is 52.4 Å². The van der Waals surface area contributed by atoms with Crippen LogP contribution in [0.5, 0.6) is 0 Å². The largest absolute Gasteiger partial charge is 0.480 e. The summed E-state index contributed by atoms with van der Waals surface area (Å²) >= 11 is 0. The Hall–Kier alpha value is -2.40. The van der Waals surface area contributed by atoms with Crippen LogP contribution in [0.4, 0.5) is 0 Å². The first-order chi connectivity index (χ1) is 13.6. The molecule has 11 nitrogen and oxygen atoms in total. The summed E-state index contributed by atoms with van der Waals surface area (Å²) in [6.07, 6.45) is 2.82. The molecule has 0 unspecified atom stereocenters. The van der Waals surface area contributed by atoms with E-state index in [-0.39, 0.29) is 24.7 Å². The van der Waals surface area contributed by atoms with Gasteiger partial charge in [-0.2, -0.15) is 0 Å². The molecule has 0 aromatic heterocycles. The van der Waals surface area contributed by atoms with Crippen molar-refractivity contribution in [1.82, 2.24) is 16.0 Å². The van der Waals surface area contributed by atoms with E-state index >= 15 is 0 Å². The monoisotopic (exact) mass is 415 g/mol.